The van der Waals surface area contributed by atoms with Crippen molar-refractivity contribution < 1.29 is 4.79 Å². The van der Waals surface area contributed by atoms with Gasteiger partial charge in [0.2, 0.25) is 5.91 Å². The van der Waals surface area contributed by atoms with Crippen molar-refractivity contribution in [3.8, 4) is 0 Å². The van der Waals surface area contributed by atoms with Crippen LogP contribution in [0.5, 0.6) is 0 Å². The summed E-state index contributed by atoms with van der Waals surface area (Å²) < 4.78 is 1.01. The highest BCUT2D eigenvalue weighted by Crippen LogP contribution is 2.22. The van der Waals surface area contributed by atoms with E-state index in [1.165, 1.54) is 0 Å². The highest BCUT2D eigenvalue weighted by Gasteiger charge is 2.15. The Labute approximate surface area is 133 Å². The van der Waals surface area contributed by atoms with Gasteiger partial charge in [-0.05, 0) is 61.1 Å². The van der Waals surface area contributed by atoms with E-state index in [2.05, 4.69) is 40.1 Å². The van der Waals surface area contributed by atoms with E-state index in [0.717, 1.165) is 22.1 Å². The predicted molar refractivity (Wildman–Crippen MR) is 89.8 cm³/mol. The van der Waals surface area contributed by atoms with Gasteiger partial charge < -0.3 is 10.6 Å². The maximum atomic E-state index is 12.0. The van der Waals surface area contributed by atoms with Gasteiger partial charge in [0.25, 0.3) is 0 Å². The quantitative estimate of drug-likeness (QED) is 0.715. The normalized spacial score (nSPS) is 13.7. The van der Waals surface area contributed by atoms with Gasteiger partial charge in [-0.15, -0.1) is 0 Å². The van der Waals surface area contributed by atoms with E-state index in [4.69, 9.17) is 11.6 Å². The van der Waals surface area contributed by atoms with Crippen molar-refractivity contribution in [3.63, 3.8) is 0 Å². The summed E-state index contributed by atoms with van der Waals surface area (Å²) in [5, 5.41) is 6.91. The highest BCUT2D eigenvalue weighted by atomic mass is 127. The van der Waals surface area contributed by atoms with Crippen molar-refractivity contribution in [1.82, 2.24) is 5.32 Å². The number of rotatable bonds is 6. The van der Waals surface area contributed by atoms with Gasteiger partial charge in [0, 0.05) is 20.3 Å². The summed E-state index contributed by atoms with van der Waals surface area (Å²) in [6, 6.07) is 5.52. The van der Waals surface area contributed by atoms with Crippen molar-refractivity contribution in [1.29, 1.82) is 0 Å². The molecule has 1 rings (SSSR count). The number of benzene rings is 1. The fourth-order valence-electron chi connectivity index (χ4n) is 1.78. The molecule has 0 heterocycles. The largest absolute Gasteiger partial charge is 0.373 e. The summed E-state index contributed by atoms with van der Waals surface area (Å²) in [4.78, 5) is 12.0. The summed E-state index contributed by atoms with van der Waals surface area (Å²) in [7, 11) is 0. The molecule has 0 fully saturated rings. The van der Waals surface area contributed by atoms with Crippen molar-refractivity contribution in [2.45, 2.75) is 45.7 Å². The van der Waals surface area contributed by atoms with E-state index in [9.17, 15) is 4.79 Å². The minimum absolute atomic E-state index is 0.0201. The summed E-state index contributed by atoms with van der Waals surface area (Å²) in [6.45, 7) is 6.00. The number of amides is 1. The lowest BCUT2D eigenvalue weighted by Gasteiger charge is -2.19. The first-order valence-electron chi connectivity index (χ1n) is 6.46. The lowest BCUT2D eigenvalue weighted by atomic mass is 10.2. The van der Waals surface area contributed by atoms with E-state index in [1.807, 2.05) is 32.0 Å². The van der Waals surface area contributed by atoms with Crippen LogP contribution in [-0.4, -0.2) is 18.0 Å². The first-order valence-corrected chi connectivity index (χ1v) is 7.91. The van der Waals surface area contributed by atoms with Crippen molar-refractivity contribution in [3.05, 3.63) is 26.8 Å². The fraction of sp³-hybridized carbons (Fsp3) is 0.500. The molecule has 1 aromatic carbocycles. The van der Waals surface area contributed by atoms with E-state index in [0.29, 0.717) is 5.02 Å². The van der Waals surface area contributed by atoms with Gasteiger partial charge in [0.1, 0.15) is 6.04 Å². The van der Waals surface area contributed by atoms with Crippen LogP contribution >= 0.6 is 34.2 Å². The summed E-state index contributed by atoms with van der Waals surface area (Å²) in [6.07, 6.45) is 2.06. The van der Waals surface area contributed by atoms with E-state index in [-0.39, 0.29) is 18.0 Å². The van der Waals surface area contributed by atoms with Crippen LogP contribution in [0.1, 0.15) is 33.6 Å². The van der Waals surface area contributed by atoms with Crippen LogP contribution < -0.4 is 10.6 Å². The SMILES string of the molecule is CCCC(C)NC(=O)C(C)Nc1ccc(Cl)cc1I. The first kappa shape index (κ1) is 16.6. The monoisotopic (exact) mass is 394 g/mol. The molecule has 0 radical (unpaired) electrons. The third kappa shape index (κ3) is 5.57. The Kier molecular flexibility index (Phi) is 6.93. The van der Waals surface area contributed by atoms with Crippen LogP contribution in [0, 0.1) is 3.57 Å². The van der Waals surface area contributed by atoms with Gasteiger partial charge >= 0.3 is 0 Å². The van der Waals surface area contributed by atoms with Crippen molar-refractivity contribution >= 4 is 45.8 Å². The Morgan fingerprint density at radius 2 is 2.11 bits per heavy atom. The average Bonchev–Trinajstić information content (AvgIpc) is 2.32. The second kappa shape index (κ2) is 7.94. The van der Waals surface area contributed by atoms with Crippen molar-refractivity contribution in [2.75, 3.05) is 5.32 Å². The second-order valence-corrected chi connectivity index (χ2v) is 6.29. The van der Waals surface area contributed by atoms with Crippen LogP contribution in [0.25, 0.3) is 0 Å². The van der Waals surface area contributed by atoms with Gasteiger partial charge in [0.05, 0.1) is 0 Å². The molecule has 5 heteroatoms. The molecular weight excluding hydrogens is 375 g/mol. The molecule has 0 aliphatic heterocycles. The molecule has 0 saturated heterocycles. The van der Waals surface area contributed by atoms with Crippen LogP contribution in [-0.2, 0) is 4.79 Å². The number of carbonyl (C=O) groups is 1. The second-order valence-electron chi connectivity index (χ2n) is 4.69. The standard InChI is InChI=1S/C14H20ClIN2O/c1-4-5-9(2)17-14(19)10(3)18-13-7-6-11(15)8-12(13)16/h6-10,18H,4-5H2,1-3H3,(H,17,19). The summed E-state index contributed by atoms with van der Waals surface area (Å²) >= 11 is 8.11. The molecule has 0 saturated carbocycles. The molecule has 0 aliphatic carbocycles. The molecule has 3 nitrogen and oxygen atoms in total. The van der Waals surface area contributed by atoms with E-state index < -0.39 is 0 Å². The number of carbonyl (C=O) groups excluding carboxylic acids is 1. The van der Waals surface area contributed by atoms with Crippen molar-refractivity contribution in [2.24, 2.45) is 0 Å². The Balaban J connectivity index is 2.58. The maximum Gasteiger partial charge on any atom is 0.242 e. The zero-order valence-corrected chi connectivity index (χ0v) is 14.4. The Hall–Kier alpha value is -0.490. The van der Waals surface area contributed by atoms with Gasteiger partial charge in [-0.1, -0.05) is 24.9 Å². The van der Waals surface area contributed by atoms with E-state index >= 15 is 0 Å². The van der Waals surface area contributed by atoms with Gasteiger partial charge in [-0.2, -0.15) is 0 Å². The fourth-order valence-corrected chi connectivity index (χ4v) is 2.81. The van der Waals surface area contributed by atoms with Crippen LogP contribution in [0.15, 0.2) is 18.2 Å². The number of nitrogens with one attached hydrogen (secondary N) is 2. The molecular formula is C14H20ClIN2O. The molecule has 0 bridgehead atoms. The van der Waals surface area contributed by atoms with Crippen LogP contribution in [0.4, 0.5) is 5.69 Å². The number of anilines is 1. The average molecular weight is 395 g/mol. The topological polar surface area (TPSA) is 41.1 Å². The van der Waals surface area contributed by atoms with Gasteiger partial charge in [-0.25, -0.2) is 0 Å². The lowest BCUT2D eigenvalue weighted by Crippen LogP contribution is -2.42. The minimum atomic E-state index is -0.269. The van der Waals surface area contributed by atoms with Crippen LogP contribution in [0.2, 0.25) is 5.02 Å². The molecule has 2 N–H and O–H groups in total. The number of hydrogen-bond donors (Lipinski definition) is 2. The van der Waals surface area contributed by atoms with Gasteiger partial charge in [-0.3, -0.25) is 4.79 Å². The van der Waals surface area contributed by atoms with Gasteiger partial charge in [0.15, 0.2) is 0 Å². The van der Waals surface area contributed by atoms with Crippen LogP contribution in [0.3, 0.4) is 0 Å². The predicted octanol–water partition coefficient (Wildman–Crippen LogP) is 4.05. The molecule has 0 spiro atoms. The smallest absolute Gasteiger partial charge is 0.242 e. The molecule has 106 valence electrons. The molecule has 1 aromatic rings. The third-order valence-electron chi connectivity index (χ3n) is 2.81. The molecule has 2 unspecified atom stereocenters. The maximum absolute atomic E-state index is 12.0. The Morgan fingerprint density at radius 3 is 2.68 bits per heavy atom. The lowest BCUT2D eigenvalue weighted by molar-refractivity contribution is -0.122. The zero-order chi connectivity index (χ0) is 14.4. The van der Waals surface area contributed by atoms with E-state index in [1.54, 1.807) is 0 Å². The summed E-state index contributed by atoms with van der Waals surface area (Å²) in [5.74, 6) is 0.0201. The minimum Gasteiger partial charge on any atom is -0.373 e. The zero-order valence-electron chi connectivity index (χ0n) is 11.5. The number of halogens is 2. The third-order valence-corrected chi connectivity index (χ3v) is 3.93. The molecule has 0 aliphatic rings. The first-order chi connectivity index (χ1) is 8.93. The number of hydrogen-bond acceptors (Lipinski definition) is 2. The Bertz CT molecular complexity index is 439. The molecule has 2 atom stereocenters. The summed E-state index contributed by atoms with van der Waals surface area (Å²) in [5.41, 5.74) is 0.927. The molecule has 1 amide bonds. The Morgan fingerprint density at radius 1 is 1.42 bits per heavy atom. The molecule has 0 aromatic heterocycles. The molecule has 19 heavy (non-hydrogen) atoms. The highest BCUT2D eigenvalue weighted by molar-refractivity contribution is 14.1.